The van der Waals surface area contributed by atoms with Gasteiger partial charge in [0.25, 0.3) is 5.69 Å². The molecule has 1 rings (SSSR count). The van der Waals surface area contributed by atoms with Crippen LogP contribution in [0.2, 0.25) is 0 Å². The number of aliphatic hydroxyl groups is 1. The van der Waals surface area contributed by atoms with E-state index in [1.807, 2.05) is 0 Å². The van der Waals surface area contributed by atoms with Gasteiger partial charge in [-0.15, -0.1) is 0 Å². The van der Waals surface area contributed by atoms with Gasteiger partial charge in [0.05, 0.1) is 11.0 Å². The number of halogens is 1. The van der Waals surface area contributed by atoms with Crippen molar-refractivity contribution in [2.45, 2.75) is 26.4 Å². The number of rotatable bonds is 3. The highest BCUT2D eigenvalue weighted by Crippen LogP contribution is 2.27. The van der Waals surface area contributed by atoms with Crippen LogP contribution in [0, 0.1) is 22.9 Å². The molecule has 82 valence electrons. The summed E-state index contributed by atoms with van der Waals surface area (Å²) >= 11 is 0. The Morgan fingerprint density at radius 3 is 2.67 bits per heavy atom. The minimum atomic E-state index is -0.996. The smallest absolute Gasteiger partial charge is 0.272 e. The molecule has 1 aromatic rings. The molecule has 0 fully saturated rings. The van der Waals surface area contributed by atoms with Crippen LogP contribution in [0.3, 0.4) is 0 Å². The van der Waals surface area contributed by atoms with Crippen LogP contribution < -0.4 is 0 Å². The molecule has 4 nitrogen and oxygen atoms in total. The third-order valence-electron chi connectivity index (χ3n) is 2.26. The first-order valence-electron chi connectivity index (χ1n) is 4.59. The number of hydrogen-bond acceptors (Lipinski definition) is 3. The van der Waals surface area contributed by atoms with Crippen molar-refractivity contribution in [2.24, 2.45) is 0 Å². The van der Waals surface area contributed by atoms with E-state index in [9.17, 15) is 19.6 Å². The maximum absolute atomic E-state index is 13.3. The highest BCUT2D eigenvalue weighted by molar-refractivity contribution is 5.43. The van der Waals surface area contributed by atoms with E-state index in [0.717, 1.165) is 12.1 Å². The number of nitrogens with zero attached hydrogens (tertiary/aromatic N) is 1. The SMILES string of the molecule is CCC(O)c1cc([N+](=O)[O-])c(C)cc1F. The van der Waals surface area contributed by atoms with Gasteiger partial charge in [-0.2, -0.15) is 0 Å². The highest BCUT2D eigenvalue weighted by atomic mass is 19.1. The molecule has 0 bridgehead atoms. The number of benzene rings is 1. The normalized spacial score (nSPS) is 12.5. The van der Waals surface area contributed by atoms with E-state index in [2.05, 4.69) is 0 Å². The van der Waals surface area contributed by atoms with E-state index in [4.69, 9.17) is 0 Å². The monoisotopic (exact) mass is 213 g/mol. The number of hydrogen-bond donors (Lipinski definition) is 1. The molecule has 0 aliphatic rings. The van der Waals surface area contributed by atoms with E-state index >= 15 is 0 Å². The molecule has 0 amide bonds. The standard InChI is InChI=1S/C10H12FNO3/c1-3-10(13)7-5-9(12(14)15)6(2)4-8(7)11/h4-5,10,13H,3H2,1-2H3. The molecule has 0 aromatic heterocycles. The van der Waals surface area contributed by atoms with Crippen molar-refractivity contribution in [3.63, 3.8) is 0 Å². The summed E-state index contributed by atoms with van der Waals surface area (Å²) < 4.78 is 13.3. The predicted molar refractivity (Wildman–Crippen MR) is 53.0 cm³/mol. The van der Waals surface area contributed by atoms with Gasteiger partial charge in [-0.3, -0.25) is 10.1 Å². The molecule has 0 heterocycles. The van der Waals surface area contributed by atoms with E-state index in [1.165, 1.54) is 6.92 Å². The zero-order valence-corrected chi connectivity index (χ0v) is 8.53. The Hall–Kier alpha value is -1.49. The molecule has 0 aliphatic carbocycles. The summed E-state index contributed by atoms with van der Waals surface area (Å²) in [5, 5.41) is 20.0. The number of aliphatic hydroxyl groups excluding tert-OH is 1. The molecule has 0 radical (unpaired) electrons. The Bertz CT molecular complexity index is 392. The van der Waals surface area contributed by atoms with Crippen molar-refractivity contribution in [2.75, 3.05) is 0 Å². The first-order chi connectivity index (χ1) is 6.97. The van der Waals surface area contributed by atoms with E-state index < -0.39 is 16.8 Å². The van der Waals surface area contributed by atoms with E-state index in [1.54, 1.807) is 6.92 Å². The first kappa shape index (κ1) is 11.6. The van der Waals surface area contributed by atoms with Gasteiger partial charge in [-0.1, -0.05) is 6.92 Å². The van der Waals surface area contributed by atoms with Crippen molar-refractivity contribution >= 4 is 5.69 Å². The maximum Gasteiger partial charge on any atom is 0.272 e. The molecule has 0 aliphatic heterocycles. The van der Waals surface area contributed by atoms with Crippen LogP contribution in [-0.4, -0.2) is 10.0 Å². The summed E-state index contributed by atoms with van der Waals surface area (Å²) in [7, 11) is 0. The minimum absolute atomic E-state index is 0.0187. The molecule has 5 heteroatoms. The van der Waals surface area contributed by atoms with Crippen LogP contribution in [-0.2, 0) is 0 Å². The summed E-state index contributed by atoms with van der Waals surface area (Å²) in [5.41, 5.74) is 0.0678. The molecular weight excluding hydrogens is 201 g/mol. The molecular formula is C10H12FNO3. The van der Waals surface area contributed by atoms with E-state index in [0.29, 0.717) is 6.42 Å². The van der Waals surface area contributed by atoms with Gasteiger partial charge in [0.15, 0.2) is 0 Å². The summed E-state index contributed by atoms with van der Waals surface area (Å²) in [6.07, 6.45) is -0.679. The van der Waals surface area contributed by atoms with Crippen molar-refractivity contribution in [1.29, 1.82) is 0 Å². The summed E-state index contributed by atoms with van der Waals surface area (Å²) in [6.45, 7) is 3.14. The number of nitro groups is 1. The van der Waals surface area contributed by atoms with Crippen molar-refractivity contribution in [1.82, 2.24) is 0 Å². The summed E-state index contributed by atoms with van der Waals surface area (Å²) in [5.74, 6) is -0.604. The maximum atomic E-state index is 13.3. The number of aryl methyl sites for hydroxylation is 1. The van der Waals surface area contributed by atoms with Crippen molar-refractivity contribution < 1.29 is 14.4 Å². The molecule has 1 atom stereocenters. The lowest BCUT2D eigenvalue weighted by molar-refractivity contribution is -0.385. The Labute approximate surface area is 86.5 Å². The van der Waals surface area contributed by atoms with Gasteiger partial charge in [-0.05, 0) is 19.4 Å². The molecule has 15 heavy (non-hydrogen) atoms. The molecule has 1 aromatic carbocycles. The minimum Gasteiger partial charge on any atom is -0.388 e. The molecule has 1 N–H and O–H groups in total. The Morgan fingerprint density at radius 2 is 2.20 bits per heavy atom. The van der Waals surface area contributed by atoms with Crippen LogP contribution in [0.5, 0.6) is 0 Å². The van der Waals surface area contributed by atoms with Gasteiger partial charge in [-0.25, -0.2) is 4.39 Å². The van der Waals surface area contributed by atoms with Crippen molar-refractivity contribution in [3.05, 3.63) is 39.2 Å². The lowest BCUT2D eigenvalue weighted by atomic mass is 10.0. The highest BCUT2D eigenvalue weighted by Gasteiger charge is 2.19. The quantitative estimate of drug-likeness (QED) is 0.619. The van der Waals surface area contributed by atoms with Crippen LogP contribution in [0.4, 0.5) is 10.1 Å². The molecule has 0 saturated heterocycles. The lowest BCUT2D eigenvalue weighted by Crippen LogP contribution is -2.02. The average Bonchev–Trinajstić information content (AvgIpc) is 2.16. The Balaban J connectivity index is 3.29. The lowest BCUT2D eigenvalue weighted by Gasteiger charge is -2.09. The second kappa shape index (κ2) is 4.35. The van der Waals surface area contributed by atoms with Gasteiger partial charge in [0.1, 0.15) is 5.82 Å². The Morgan fingerprint density at radius 1 is 1.60 bits per heavy atom. The fraction of sp³-hybridized carbons (Fsp3) is 0.400. The molecule has 1 unspecified atom stereocenters. The van der Waals surface area contributed by atoms with E-state index in [-0.39, 0.29) is 16.8 Å². The fourth-order valence-electron chi connectivity index (χ4n) is 1.35. The second-order valence-corrected chi connectivity index (χ2v) is 3.34. The number of nitro benzene ring substituents is 1. The van der Waals surface area contributed by atoms with Gasteiger partial charge < -0.3 is 5.11 Å². The van der Waals surface area contributed by atoms with Gasteiger partial charge >= 0.3 is 0 Å². The van der Waals surface area contributed by atoms with Crippen LogP contribution in [0.25, 0.3) is 0 Å². The predicted octanol–water partition coefficient (Wildman–Crippen LogP) is 2.49. The van der Waals surface area contributed by atoms with Crippen LogP contribution in [0.1, 0.15) is 30.6 Å². The third-order valence-corrected chi connectivity index (χ3v) is 2.26. The topological polar surface area (TPSA) is 63.4 Å². The molecule has 0 saturated carbocycles. The average molecular weight is 213 g/mol. The Kier molecular flexibility index (Phi) is 3.36. The fourth-order valence-corrected chi connectivity index (χ4v) is 1.35. The van der Waals surface area contributed by atoms with Crippen LogP contribution >= 0.6 is 0 Å². The largest absolute Gasteiger partial charge is 0.388 e. The zero-order valence-electron chi connectivity index (χ0n) is 8.53. The van der Waals surface area contributed by atoms with Crippen LogP contribution in [0.15, 0.2) is 12.1 Å². The summed E-state index contributed by atoms with van der Waals surface area (Å²) in [4.78, 5) is 10.0. The first-order valence-corrected chi connectivity index (χ1v) is 4.59. The second-order valence-electron chi connectivity index (χ2n) is 3.34. The zero-order chi connectivity index (χ0) is 11.6. The molecule has 0 spiro atoms. The van der Waals surface area contributed by atoms with Gasteiger partial charge in [0, 0.05) is 17.2 Å². The summed E-state index contributed by atoms with van der Waals surface area (Å²) in [6, 6.07) is 2.17. The van der Waals surface area contributed by atoms with Gasteiger partial charge in [0.2, 0.25) is 0 Å². The van der Waals surface area contributed by atoms with Crippen molar-refractivity contribution in [3.8, 4) is 0 Å². The third kappa shape index (κ3) is 2.30.